The number of ketones is 2. The Morgan fingerprint density at radius 2 is 1.58 bits per heavy atom. The summed E-state index contributed by atoms with van der Waals surface area (Å²) in [5.74, 6) is 0.110. The highest BCUT2D eigenvalue weighted by molar-refractivity contribution is 6.07. The zero-order chi connectivity index (χ0) is 23.5. The lowest BCUT2D eigenvalue weighted by Gasteiger charge is -2.01. The van der Waals surface area contributed by atoms with Crippen molar-refractivity contribution in [2.45, 2.75) is 46.0 Å². The van der Waals surface area contributed by atoms with Gasteiger partial charge in [-0.05, 0) is 72.4 Å². The Morgan fingerprint density at radius 1 is 0.818 bits per heavy atom. The van der Waals surface area contributed by atoms with Crippen LogP contribution in [-0.2, 0) is 6.42 Å². The molecule has 0 aliphatic rings. The molecular formula is C30H31NO2. The van der Waals surface area contributed by atoms with Crippen molar-refractivity contribution in [3.63, 3.8) is 0 Å². The maximum Gasteiger partial charge on any atom is 0.185 e. The molecule has 3 aromatic carbocycles. The second-order valence-corrected chi connectivity index (χ2v) is 8.15. The number of Topliss-reactive ketones (excluding diaryl/α,β-unsaturated/α-hetero) is 1. The van der Waals surface area contributed by atoms with Crippen LogP contribution in [0.1, 0.15) is 76.9 Å². The third-order valence-electron chi connectivity index (χ3n) is 5.43. The van der Waals surface area contributed by atoms with Gasteiger partial charge in [0.2, 0.25) is 0 Å². The van der Waals surface area contributed by atoms with Crippen molar-refractivity contribution < 1.29 is 9.59 Å². The van der Waals surface area contributed by atoms with Gasteiger partial charge in [-0.3, -0.25) is 14.6 Å². The lowest BCUT2D eigenvalue weighted by Crippen LogP contribution is -1.98. The second kappa shape index (κ2) is 12.4. The van der Waals surface area contributed by atoms with Gasteiger partial charge < -0.3 is 0 Å². The molecule has 0 amide bonds. The molecule has 0 aliphatic carbocycles. The SMILES string of the molecule is CCCCc1ccc(/C=C/C(=O)c2ccc(N=Cc3cccc(C(=O)CCC)c3)cc2)cc1. The van der Waals surface area contributed by atoms with Crippen molar-refractivity contribution in [3.8, 4) is 0 Å². The highest BCUT2D eigenvalue weighted by Gasteiger charge is 2.05. The molecule has 3 nitrogen and oxygen atoms in total. The summed E-state index contributed by atoms with van der Waals surface area (Å²) < 4.78 is 0. The number of nitrogens with zero attached hydrogens (tertiary/aromatic N) is 1. The molecule has 0 saturated carbocycles. The van der Waals surface area contributed by atoms with Crippen molar-refractivity contribution in [2.24, 2.45) is 4.99 Å². The molecule has 168 valence electrons. The van der Waals surface area contributed by atoms with Crippen molar-refractivity contribution in [3.05, 3.63) is 107 Å². The van der Waals surface area contributed by atoms with Crippen molar-refractivity contribution >= 4 is 29.5 Å². The van der Waals surface area contributed by atoms with Crippen LogP contribution in [0.3, 0.4) is 0 Å². The summed E-state index contributed by atoms with van der Waals surface area (Å²) in [5, 5.41) is 0. The fraction of sp³-hybridized carbons (Fsp3) is 0.233. The van der Waals surface area contributed by atoms with Gasteiger partial charge in [0.15, 0.2) is 11.6 Å². The summed E-state index contributed by atoms with van der Waals surface area (Å²) in [6.07, 6.45) is 10.1. The summed E-state index contributed by atoms with van der Waals surface area (Å²) in [7, 11) is 0. The predicted molar refractivity (Wildman–Crippen MR) is 138 cm³/mol. The first kappa shape index (κ1) is 24.1. The van der Waals surface area contributed by atoms with E-state index in [9.17, 15) is 9.59 Å². The van der Waals surface area contributed by atoms with Crippen LogP contribution in [0.2, 0.25) is 0 Å². The van der Waals surface area contributed by atoms with Gasteiger partial charge in [-0.25, -0.2) is 0 Å². The Hall–Kier alpha value is -3.59. The van der Waals surface area contributed by atoms with Crippen molar-refractivity contribution in [2.75, 3.05) is 0 Å². The topological polar surface area (TPSA) is 46.5 Å². The summed E-state index contributed by atoms with van der Waals surface area (Å²) in [5.41, 5.74) is 5.31. The van der Waals surface area contributed by atoms with E-state index in [1.54, 1.807) is 24.4 Å². The van der Waals surface area contributed by atoms with E-state index in [0.29, 0.717) is 17.5 Å². The largest absolute Gasteiger partial charge is 0.294 e. The fourth-order valence-corrected chi connectivity index (χ4v) is 3.47. The molecule has 33 heavy (non-hydrogen) atoms. The Labute approximate surface area is 196 Å². The van der Waals surface area contributed by atoms with Crippen LogP contribution in [0.5, 0.6) is 0 Å². The molecule has 0 heterocycles. The molecule has 0 saturated heterocycles. The number of aliphatic imine (C=N–C) groups is 1. The Bertz CT molecular complexity index is 1120. The monoisotopic (exact) mass is 437 g/mol. The van der Waals surface area contributed by atoms with Gasteiger partial charge in [0.1, 0.15) is 0 Å². The number of carbonyl (C=O) groups excluding carboxylic acids is 2. The van der Waals surface area contributed by atoms with Gasteiger partial charge in [0.05, 0.1) is 5.69 Å². The molecule has 0 unspecified atom stereocenters. The number of allylic oxidation sites excluding steroid dienone is 1. The summed E-state index contributed by atoms with van der Waals surface area (Å²) in [6, 6.07) is 23.1. The minimum absolute atomic E-state index is 0.0391. The molecule has 0 N–H and O–H groups in total. The van der Waals surface area contributed by atoms with Gasteiger partial charge in [-0.2, -0.15) is 0 Å². The van der Waals surface area contributed by atoms with Crippen LogP contribution >= 0.6 is 0 Å². The third-order valence-corrected chi connectivity index (χ3v) is 5.43. The summed E-state index contributed by atoms with van der Waals surface area (Å²) >= 11 is 0. The average Bonchev–Trinajstić information content (AvgIpc) is 2.86. The van der Waals surface area contributed by atoms with E-state index >= 15 is 0 Å². The number of benzene rings is 3. The van der Waals surface area contributed by atoms with Crippen LogP contribution in [-0.4, -0.2) is 17.8 Å². The van der Waals surface area contributed by atoms with E-state index in [-0.39, 0.29) is 11.6 Å². The smallest absolute Gasteiger partial charge is 0.185 e. The number of aryl methyl sites for hydroxylation is 1. The summed E-state index contributed by atoms with van der Waals surface area (Å²) in [4.78, 5) is 29.1. The molecule has 3 aromatic rings. The average molecular weight is 438 g/mol. The molecule has 0 aliphatic heterocycles. The number of rotatable bonds is 11. The summed E-state index contributed by atoms with van der Waals surface area (Å²) in [6.45, 7) is 4.19. The number of unbranched alkanes of at least 4 members (excludes halogenated alkanes) is 1. The molecule has 0 fully saturated rings. The molecule has 3 heteroatoms. The minimum Gasteiger partial charge on any atom is -0.294 e. The van der Waals surface area contributed by atoms with Crippen LogP contribution in [0, 0.1) is 0 Å². The molecule has 0 radical (unpaired) electrons. The molecular weight excluding hydrogens is 406 g/mol. The van der Waals surface area contributed by atoms with E-state index < -0.39 is 0 Å². The maximum atomic E-state index is 12.5. The molecule has 3 rings (SSSR count). The van der Waals surface area contributed by atoms with E-state index in [0.717, 1.165) is 29.7 Å². The lowest BCUT2D eigenvalue weighted by atomic mass is 10.0. The minimum atomic E-state index is -0.0391. The first-order valence-corrected chi connectivity index (χ1v) is 11.7. The van der Waals surface area contributed by atoms with Gasteiger partial charge in [0, 0.05) is 23.8 Å². The van der Waals surface area contributed by atoms with Crippen LogP contribution in [0.25, 0.3) is 6.08 Å². The van der Waals surface area contributed by atoms with E-state index in [1.807, 2.05) is 49.4 Å². The zero-order valence-electron chi connectivity index (χ0n) is 19.5. The van der Waals surface area contributed by atoms with Gasteiger partial charge in [-0.15, -0.1) is 0 Å². The Morgan fingerprint density at radius 3 is 2.27 bits per heavy atom. The normalized spacial score (nSPS) is 11.3. The first-order chi connectivity index (χ1) is 16.1. The highest BCUT2D eigenvalue weighted by atomic mass is 16.1. The van der Waals surface area contributed by atoms with Crippen LogP contribution in [0.4, 0.5) is 5.69 Å². The molecule has 0 aromatic heterocycles. The van der Waals surface area contributed by atoms with Gasteiger partial charge in [-0.1, -0.05) is 68.8 Å². The number of carbonyl (C=O) groups is 2. The van der Waals surface area contributed by atoms with E-state index in [2.05, 4.69) is 36.2 Å². The van der Waals surface area contributed by atoms with E-state index in [1.165, 1.54) is 18.4 Å². The lowest BCUT2D eigenvalue weighted by molar-refractivity contribution is 0.0980. The van der Waals surface area contributed by atoms with Gasteiger partial charge in [0.25, 0.3) is 0 Å². The third kappa shape index (κ3) is 7.50. The number of hydrogen-bond donors (Lipinski definition) is 0. The quantitative estimate of drug-likeness (QED) is 0.176. The van der Waals surface area contributed by atoms with E-state index in [4.69, 9.17) is 0 Å². The van der Waals surface area contributed by atoms with Crippen molar-refractivity contribution in [1.82, 2.24) is 0 Å². The first-order valence-electron chi connectivity index (χ1n) is 11.7. The van der Waals surface area contributed by atoms with Crippen LogP contribution < -0.4 is 0 Å². The Balaban J connectivity index is 1.60. The molecule has 0 bridgehead atoms. The predicted octanol–water partition coefficient (Wildman–Crippen LogP) is 7.66. The Kier molecular flexibility index (Phi) is 9.08. The fourth-order valence-electron chi connectivity index (χ4n) is 3.47. The zero-order valence-corrected chi connectivity index (χ0v) is 19.5. The van der Waals surface area contributed by atoms with Crippen molar-refractivity contribution in [1.29, 1.82) is 0 Å². The molecule has 0 atom stereocenters. The maximum absolute atomic E-state index is 12.5. The van der Waals surface area contributed by atoms with Gasteiger partial charge >= 0.3 is 0 Å². The van der Waals surface area contributed by atoms with Crippen LogP contribution in [0.15, 0.2) is 83.9 Å². The second-order valence-electron chi connectivity index (χ2n) is 8.15. The standard InChI is InChI=1S/C30H31NO2/c1-3-5-8-23-11-13-24(14-12-23)15-20-30(33)26-16-18-28(19-17-26)31-22-25-9-6-10-27(21-25)29(32)7-4-2/h6,9-22H,3-5,7-8H2,1-2H3/b20-15+,31-22?. The highest BCUT2D eigenvalue weighted by Crippen LogP contribution is 2.16. The number of hydrogen-bond acceptors (Lipinski definition) is 3. The molecule has 0 spiro atoms.